The molecule has 0 radical (unpaired) electrons. The lowest BCUT2D eigenvalue weighted by molar-refractivity contribution is 0.0309. The van der Waals surface area contributed by atoms with Crippen LogP contribution in [0, 0.1) is 17.3 Å². The number of nitrogens with zero attached hydrogens (tertiary/aromatic N) is 1. The molecule has 0 aromatic carbocycles. The summed E-state index contributed by atoms with van der Waals surface area (Å²) in [5.41, 5.74) is 0.152. The molecule has 2 nitrogen and oxygen atoms in total. The molecular formula is C15H27NO. The highest BCUT2D eigenvalue weighted by atomic mass is 16.3. The van der Waals surface area contributed by atoms with Gasteiger partial charge >= 0.3 is 0 Å². The summed E-state index contributed by atoms with van der Waals surface area (Å²) in [6, 6.07) is 0.867. The van der Waals surface area contributed by atoms with Crippen LogP contribution in [0.2, 0.25) is 0 Å². The van der Waals surface area contributed by atoms with E-state index in [2.05, 4.69) is 18.7 Å². The van der Waals surface area contributed by atoms with Crippen molar-refractivity contribution in [3.63, 3.8) is 0 Å². The predicted molar refractivity (Wildman–Crippen MR) is 69.8 cm³/mol. The van der Waals surface area contributed by atoms with Gasteiger partial charge in [0.05, 0.1) is 6.10 Å². The van der Waals surface area contributed by atoms with E-state index in [0.717, 1.165) is 18.5 Å². The number of hydrogen-bond acceptors (Lipinski definition) is 2. The third-order valence-electron chi connectivity index (χ3n) is 5.13. The Labute approximate surface area is 105 Å². The maximum atomic E-state index is 10.4. The van der Waals surface area contributed by atoms with Crippen LogP contribution in [-0.2, 0) is 0 Å². The maximum Gasteiger partial charge on any atom is 0.0631 e. The summed E-state index contributed by atoms with van der Waals surface area (Å²) in [5, 5.41) is 10.4. The zero-order valence-corrected chi connectivity index (χ0v) is 11.4. The van der Waals surface area contributed by atoms with E-state index in [1.807, 2.05) is 0 Å². The minimum Gasteiger partial charge on any atom is -0.392 e. The molecule has 17 heavy (non-hydrogen) atoms. The van der Waals surface area contributed by atoms with Gasteiger partial charge in [-0.05, 0) is 55.8 Å². The van der Waals surface area contributed by atoms with Gasteiger partial charge in [0.15, 0.2) is 0 Å². The average Bonchev–Trinajstić information content (AvgIpc) is 3.14. The highest BCUT2D eigenvalue weighted by molar-refractivity contribution is 4.95. The molecule has 3 fully saturated rings. The molecule has 0 spiro atoms. The molecule has 0 saturated heterocycles. The molecule has 2 atom stereocenters. The Morgan fingerprint density at radius 2 is 1.76 bits per heavy atom. The molecule has 0 bridgehead atoms. The lowest BCUT2D eigenvalue weighted by atomic mass is 9.87. The van der Waals surface area contributed by atoms with Crippen molar-refractivity contribution in [3.8, 4) is 0 Å². The molecule has 0 aliphatic heterocycles. The molecule has 3 rings (SSSR count). The van der Waals surface area contributed by atoms with Gasteiger partial charge in [0.1, 0.15) is 0 Å². The first-order valence-corrected chi connectivity index (χ1v) is 7.48. The van der Waals surface area contributed by atoms with Crippen LogP contribution >= 0.6 is 0 Å². The molecule has 0 aromatic heterocycles. The van der Waals surface area contributed by atoms with Crippen LogP contribution in [0.15, 0.2) is 0 Å². The quantitative estimate of drug-likeness (QED) is 0.794. The van der Waals surface area contributed by atoms with E-state index < -0.39 is 0 Å². The van der Waals surface area contributed by atoms with E-state index in [-0.39, 0.29) is 11.5 Å². The second-order valence-electron chi connectivity index (χ2n) is 7.36. The fourth-order valence-corrected chi connectivity index (χ4v) is 3.44. The second kappa shape index (κ2) is 4.24. The monoisotopic (exact) mass is 237 g/mol. The number of aliphatic hydroxyl groups is 1. The van der Waals surface area contributed by atoms with Crippen LogP contribution in [0.4, 0.5) is 0 Å². The van der Waals surface area contributed by atoms with E-state index in [4.69, 9.17) is 0 Å². The summed E-state index contributed by atoms with van der Waals surface area (Å²) in [4.78, 5) is 2.70. The number of rotatable bonds is 5. The highest BCUT2D eigenvalue weighted by Crippen LogP contribution is 2.43. The molecule has 3 aliphatic rings. The van der Waals surface area contributed by atoms with Crippen molar-refractivity contribution in [1.29, 1.82) is 0 Å². The minimum absolute atomic E-state index is 0.0806. The van der Waals surface area contributed by atoms with Crippen LogP contribution < -0.4 is 0 Å². The first-order chi connectivity index (χ1) is 8.06. The third kappa shape index (κ3) is 2.68. The standard InChI is InChI=1S/C15H27NO/c1-15(2)8-7-12(14(15)17)10-16(13-5-6-13)9-11-3-4-11/h11-14,17H,3-10H2,1-2H3. The fourth-order valence-electron chi connectivity index (χ4n) is 3.44. The maximum absolute atomic E-state index is 10.4. The minimum atomic E-state index is -0.0806. The van der Waals surface area contributed by atoms with E-state index in [9.17, 15) is 5.11 Å². The summed E-state index contributed by atoms with van der Waals surface area (Å²) in [6.45, 7) is 6.92. The van der Waals surface area contributed by atoms with Crippen molar-refractivity contribution in [2.45, 2.75) is 64.5 Å². The summed E-state index contributed by atoms with van der Waals surface area (Å²) < 4.78 is 0. The summed E-state index contributed by atoms with van der Waals surface area (Å²) >= 11 is 0. The lowest BCUT2D eigenvalue weighted by Gasteiger charge is -2.30. The van der Waals surface area contributed by atoms with Gasteiger partial charge in [-0.1, -0.05) is 13.8 Å². The van der Waals surface area contributed by atoms with Gasteiger partial charge in [-0.2, -0.15) is 0 Å². The molecule has 3 aliphatic carbocycles. The van der Waals surface area contributed by atoms with Crippen molar-refractivity contribution in [2.24, 2.45) is 17.3 Å². The van der Waals surface area contributed by atoms with Gasteiger partial charge in [0.2, 0.25) is 0 Å². The topological polar surface area (TPSA) is 23.5 Å². The molecular weight excluding hydrogens is 210 g/mol. The smallest absolute Gasteiger partial charge is 0.0631 e. The summed E-state index contributed by atoms with van der Waals surface area (Å²) in [6.07, 6.45) is 8.04. The highest BCUT2D eigenvalue weighted by Gasteiger charge is 2.43. The van der Waals surface area contributed by atoms with Crippen LogP contribution in [0.3, 0.4) is 0 Å². The molecule has 2 unspecified atom stereocenters. The van der Waals surface area contributed by atoms with Gasteiger partial charge in [-0.15, -0.1) is 0 Å². The van der Waals surface area contributed by atoms with Crippen LogP contribution in [0.1, 0.15) is 52.4 Å². The Bertz CT molecular complexity index is 281. The molecule has 0 aromatic rings. The zero-order valence-electron chi connectivity index (χ0n) is 11.4. The molecule has 0 amide bonds. The summed E-state index contributed by atoms with van der Waals surface area (Å²) in [5.74, 6) is 1.52. The van der Waals surface area contributed by atoms with E-state index in [1.54, 1.807) is 0 Å². The largest absolute Gasteiger partial charge is 0.392 e. The SMILES string of the molecule is CC1(C)CCC(CN(CC2CC2)C2CC2)C1O. The Kier molecular flexibility index (Phi) is 2.99. The van der Waals surface area contributed by atoms with E-state index in [0.29, 0.717) is 5.92 Å². The molecule has 1 N–H and O–H groups in total. The Morgan fingerprint density at radius 3 is 2.24 bits per heavy atom. The Hall–Kier alpha value is -0.0800. The third-order valence-corrected chi connectivity index (χ3v) is 5.13. The van der Waals surface area contributed by atoms with Crippen LogP contribution in [0.5, 0.6) is 0 Å². The van der Waals surface area contributed by atoms with Gasteiger partial charge in [-0.3, -0.25) is 4.90 Å². The zero-order chi connectivity index (χ0) is 12.0. The molecule has 3 saturated carbocycles. The molecule has 98 valence electrons. The Balaban J connectivity index is 1.56. The van der Waals surface area contributed by atoms with Gasteiger partial charge in [0, 0.05) is 19.1 Å². The second-order valence-corrected chi connectivity index (χ2v) is 7.36. The van der Waals surface area contributed by atoms with Crippen molar-refractivity contribution in [2.75, 3.05) is 13.1 Å². The Morgan fingerprint density at radius 1 is 1.06 bits per heavy atom. The van der Waals surface area contributed by atoms with Crippen molar-refractivity contribution in [3.05, 3.63) is 0 Å². The van der Waals surface area contributed by atoms with Gasteiger partial charge in [-0.25, -0.2) is 0 Å². The van der Waals surface area contributed by atoms with Crippen LogP contribution in [-0.4, -0.2) is 35.2 Å². The van der Waals surface area contributed by atoms with Crippen molar-refractivity contribution >= 4 is 0 Å². The van der Waals surface area contributed by atoms with E-state index >= 15 is 0 Å². The normalized spacial score (nSPS) is 36.7. The first kappa shape index (κ1) is 12.0. The lowest BCUT2D eigenvalue weighted by Crippen LogP contribution is -2.38. The van der Waals surface area contributed by atoms with E-state index in [1.165, 1.54) is 45.1 Å². The van der Waals surface area contributed by atoms with Crippen molar-refractivity contribution < 1.29 is 5.11 Å². The fraction of sp³-hybridized carbons (Fsp3) is 1.00. The van der Waals surface area contributed by atoms with Gasteiger partial charge < -0.3 is 5.11 Å². The molecule has 2 heteroatoms. The number of hydrogen-bond donors (Lipinski definition) is 1. The first-order valence-electron chi connectivity index (χ1n) is 7.48. The van der Waals surface area contributed by atoms with Crippen molar-refractivity contribution in [1.82, 2.24) is 4.90 Å². The summed E-state index contributed by atoms with van der Waals surface area (Å²) in [7, 11) is 0. The van der Waals surface area contributed by atoms with Crippen LogP contribution in [0.25, 0.3) is 0 Å². The molecule has 0 heterocycles. The average molecular weight is 237 g/mol. The number of aliphatic hydroxyl groups excluding tert-OH is 1. The predicted octanol–water partition coefficient (Wildman–Crippen LogP) is 2.66. The van der Waals surface area contributed by atoms with Gasteiger partial charge in [0.25, 0.3) is 0 Å².